The van der Waals surface area contributed by atoms with Crippen LogP contribution in [0.5, 0.6) is 0 Å². The fourth-order valence-corrected chi connectivity index (χ4v) is 5.39. The molecule has 0 radical (unpaired) electrons. The minimum atomic E-state index is -0.334. The van der Waals surface area contributed by atoms with E-state index in [0.717, 1.165) is 37.9 Å². The Hall–Kier alpha value is -3.11. The van der Waals surface area contributed by atoms with Crippen molar-refractivity contribution < 1.29 is 4.39 Å². The molecule has 0 bridgehead atoms. The molecule has 0 N–H and O–H groups in total. The molecule has 8 heteroatoms. The summed E-state index contributed by atoms with van der Waals surface area (Å²) in [5, 5.41) is 10.2. The smallest absolute Gasteiger partial charge is 0.270 e. The molecule has 0 saturated heterocycles. The molecule has 0 unspecified atom stereocenters. The highest BCUT2D eigenvalue weighted by Crippen LogP contribution is 2.35. The zero-order valence-corrected chi connectivity index (χ0v) is 21.4. The lowest BCUT2D eigenvalue weighted by Crippen LogP contribution is -2.45. The molecule has 184 valence electrons. The van der Waals surface area contributed by atoms with Crippen LogP contribution in [0.2, 0.25) is 5.15 Å². The number of anilines is 2. The molecule has 0 amide bonds. The molecule has 4 rings (SSSR count). The van der Waals surface area contributed by atoms with Crippen molar-refractivity contribution in [1.29, 1.82) is 5.26 Å². The van der Waals surface area contributed by atoms with E-state index in [0.29, 0.717) is 33.8 Å². The van der Waals surface area contributed by atoms with Gasteiger partial charge in [-0.15, -0.1) is 0 Å². The van der Waals surface area contributed by atoms with Crippen molar-refractivity contribution in [3.05, 3.63) is 63.3 Å². The number of aromatic nitrogens is 2. The Kier molecular flexibility index (Phi) is 7.32. The van der Waals surface area contributed by atoms with Crippen molar-refractivity contribution in [2.75, 3.05) is 23.4 Å². The van der Waals surface area contributed by atoms with Gasteiger partial charge in [-0.2, -0.15) is 5.26 Å². The molecule has 1 aliphatic rings. The van der Waals surface area contributed by atoms with Gasteiger partial charge in [-0.05, 0) is 68.0 Å². The lowest BCUT2D eigenvalue weighted by molar-refractivity contribution is 0.360. The fourth-order valence-electron chi connectivity index (χ4n) is 5.24. The highest BCUT2D eigenvalue weighted by molar-refractivity contribution is 6.29. The van der Waals surface area contributed by atoms with Crippen LogP contribution in [0.1, 0.15) is 45.1 Å². The Balaban J connectivity index is 1.62. The maximum atomic E-state index is 13.5. The molecule has 1 aromatic carbocycles. The summed E-state index contributed by atoms with van der Waals surface area (Å²) >= 11 is 6.20. The van der Waals surface area contributed by atoms with E-state index in [4.69, 9.17) is 11.6 Å². The number of hydrogen-bond acceptors (Lipinski definition) is 5. The van der Waals surface area contributed by atoms with Crippen LogP contribution in [0, 0.1) is 23.1 Å². The second-order valence-electron chi connectivity index (χ2n) is 9.80. The van der Waals surface area contributed by atoms with E-state index in [1.165, 1.54) is 16.7 Å². The SMILES string of the molecule is CC(C)CN(c1ccc(F)cc1)[C@H]1CC[C@@H](N(C)c2c(C#N)c(=O)n(C)c3ccc(Cl)nc23)CC1. The molecule has 1 aliphatic carbocycles. The first-order valence-electron chi connectivity index (χ1n) is 12.1. The first-order valence-corrected chi connectivity index (χ1v) is 12.4. The number of fused-ring (bicyclic) bond motifs is 1. The van der Waals surface area contributed by atoms with E-state index >= 15 is 0 Å². The van der Waals surface area contributed by atoms with Crippen LogP contribution >= 0.6 is 11.6 Å². The van der Waals surface area contributed by atoms with Gasteiger partial charge < -0.3 is 14.4 Å². The van der Waals surface area contributed by atoms with Crippen LogP contribution < -0.4 is 15.4 Å². The summed E-state index contributed by atoms with van der Waals surface area (Å²) in [7, 11) is 3.59. The Morgan fingerprint density at radius 3 is 2.37 bits per heavy atom. The number of hydrogen-bond donors (Lipinski definition) is 0. The lowest BCUT2D eigenvalue weighted by atomic mass is 9.88. The maximum absolute atomic E-state index is 13.5. The maximum Gasteiger partial charge on any atom is 0.270 e. The quantitative estimate of drug-likeness (QED) is 0.422. The Morgan fingerprint density at radius 2 is 1.77 bits per heavy atom. The third kappa shape index (κ3) is 4.99. The van der Waals surface area contributed by atoms with Crippen molar-refractivity contribution in [1.82, 2.24) is 9.55 Å². The number of benzene rings is 1. The van der Waals surface area contributed by atoms with Crippen LogP contribution in [0.25, 0.3) is 11.0 Å². The second-order valence-corrected chi connectivity index (χ2v) is 10.2. The number of pyridine rings is 2. The number of nitriles is 1. The van der Waals surface area contributed by atoms with Gasteiger partial charge in [0.2, 0.25) is 0 Å². The van der Waals surface area contributed by atoms with Gasteiger partial charge in [0.25, 0.3) is 5.56 Å². The first kappa shape index (κ1) is 25.0. The number of rotatable bonds is 6. The minimum Gasteiger partial charge on any atom is -0.369 e. The lowest BCUT2D eigenvalue weighted by Gasteiger charge is -2.42. The topological polar surface area (TPSA) is 65.2 Å². The number of nitrogens with zero attached hydrogens (tertiary/aromatic N) is 5. The van der Waals surface area contributed by atoms with Gasteiger partial charge in [0.15, 0.2) is 0 Å². The summed E-state index contributed by atoms with van der Waals surface area (Å²) in [5.74, 6) is 0.244. The molecular weight excluding hydrogens is 465 g/mol. The minimum absolute atomic E-state index is 0.0899. The third-order valence-electron chi connectivity index (χ3n) is 7.02. The van der Waals surface area contributed by atoms with E-state index in [9.17, 15) is 14.4 Å². The van der Waals surface area contributed by atoms with Crippen LogP contribution in [0.3, 0.4) is 0 Å². The van der Waals surface area contributed by atoms with Crippen LogP contribution in [0.4, 0.5) is 15.8 Å². The largest absolute Gasteiger partial charge is 0.369 e. The van der Waals surface area contributed by atoms with E-state index in [2.05, 4.69) is 29.8 Å². The summed E-state index contributed by atoms with van der Waals surface area (Å²) in [6, 6.07) is 12.8. The van der Waals surface area contributed by atoms with Crippen molar-refractivity contribution in [3.63, 3.8) is 0 Å². The Bertz CT molecular complexity index is 1310. The standard InChI is InChI=1S/C27H31ClFN5O/c1-17(2)16-34(20-7-5-18(29)6-8-20)21-11-9-19(10-12-21)32(3)26-22(15-30)27(35)33(4)23-13-14-24(28)31-25(23)26/h5-8,13-14,17,19,21H,9-12,16H2,1-4H3/t19-,21+. The summed E-state index contributed by atoms with van der Waals surface area (Å²) < 4.78 is 15.0. The van der Waals surface area contributed by atoms with E-state index < -0.39 is 0 Å². The van der Waals surface area contributed by atoms with Crippen molar-refractivity contribution in [2.24, 2.45) is 13.0 Å². The average Bonchev–Trinajstić information content (AvgIpc) is 2.84. The zero-order chi connectivity index (χ0) is 25.3. The molecule has 2 heterocycles. The normalized spacial score (nSPS) is 18.0. The Morgan fingerprint density at radius 1 is 1.14 bits per heavy atom. The third-order valence-corrected chi connectivity index (χ3v) is 7.23. The van der Waals surface area contributed by atoms with Crippen molar-refractivity contribution in [3.8, 4) is 6.07 Å². The molecule has 2 aromatic heterocycles. The molecule has 0 aliphatic heterocycles. The van der Waals surface area contributed by atoms with Crippen LogP contribution in [-0.2, 0) is 7.05 Å². The molecule has 1 fully saturated rings. The molecule has 3 aromatic rings. The summed E-state index contributed by atoms with van der Waals surface area (Å²) in [6.45, 7) is 5.29. The van der Waals surface area contributed by atoms with Gasteiger partial charge in [-0.3, -0.25) is 4.79 Å². The molecule has 35 heavy (non-hydrogen) atoms. The predicted molar refractivity (Wildman–Crippen MR) is 140 cm³/mol. The Labute approximate surface area is 210 Å². The highest BCUT2D eigenvalue weighted by Gasteiger charge is 2.31. The van der Waals surface area contributed by atoms with Gasteiger partial charge in [-0.25, -0.2) is 9.37 Å². The fraction of sp³-hybridized carbons (Fsp3) is 0.444. The molecule has 0 atom stereocenters. The van der Waals surface area contributed by atoms with Gasteiger partial charge in [0, 0.05) is 38.4 Å². The van der Waals surface area contributed by atoms with Crippen LogP contribution in [-0.4, -0.2) is 35.2 Å². The number of aryl methyl sites for hydroxylation is 1. The first-order chi connectivity index (χ1) is 16.7. The van der Waals surface area contributed by atoms with E-state index in [1.807, 2.05) is 24.1 Å². The summed E-state index contributed by atoms with van der Waals surface area (Å²) in [5.41, 5.74) is 2.56. The predicted octanol–water partition coefficient (Wildman–Crippen LogP) is 5.51. The van der Waals surface area contributed by atoms with Crippen LogP contribution in [0.15, 0.2) is 41.2 Å². The molecule has 1 saturated carbocycles. The van der Waals surface area contributed by atoms with Crippen molar-refractivity contribution in [2.45, 2.75) is 51.6 Å². The molecule has 0 spiro atoms. The van der Waals surface area contributed by atoms with Gasteiger partial charge in [-0.1, -0.05) is 25.4 Å². The zero-order valence-electron chi connectivity index (χ0n) is 20.6. The van der Waals surface area contributed by atoms with Gasteiger partial charge in [0.05, 0.1) is 11.2 Å². The second kappa shape index (κ2) is 10.2. The number of halogens is 2. The monoisotopic (exact) mass is 495 g/mol. The summed E-state index contributed by atoms with van der Waals surface area (Å²) in [6.07, 6.45) is 3.72. The average molecular weight is 496 g/mol. The highest BCUT2D eigenvalue weighted by atomic mass is 35.5. The van der Waals surface area contributed by atoms with Gasteiger partial charge in [0.1, 0.15) is 28.1 Å². The van der Waals surface area contributed by atoms with Gasteiger partial charge >= 0.3 is 0 Å². The molecular formula is C27H31ClFN5O. The van der Waals surface area contributed by atoms with E-state index in [1.54, 1.807) is 19.2 Å². The van der Waals surface area contributed by atoms with Crippen molar-refractivity contribution >= 4 is 34.0 Å². The molecule has 6 nitrogen and oxygen atoms in total. The van der Waals surface area contributed by atoms with E-state index in [-0.39, 0.29) is 23.0 Å². The summed E-state index contributed by atoms with van der Waals surface area (Å²) in [4.78, 5) is 21.9.